The van der Waals surface area contributed by atoms with E-state index in [0.29, 0.717) is 45.9 Å². The average Bonchev–Trinajstić information content (AvgIpc) is 2.77. The molecule has 172 valence electrons. The topological polar surface area (TPSA) is 86.7 Å². The number of aliphatic imine (C=N–C) groups is 1. The van der Waals surface area contributed by atoms with Gasteiger partial charge in [-0.2, -0.15) is 0 Å². The number of ether oxygens (including phenoxy) is 2. The van der Waals surface area contributed by atoms with E-state index in [4.69, 9.17) is 14.5 Å². The lowest BCUT2D eigenvalue weighted by Crippen LogP contribution is -2.54. The van der Waals surface area contributed by atoms with Gasteiger partial charge < -0.3 is 29.5 Å². The second-order valence-electron chi connectivity index (χ2n) is 7.06. The summed E-state index contributed by atoms with van der Waals surface area (Å²) in [6, 6.07) is 7.60. The van der Waals surface area contributed by atoms with E-state index in [1.54, 1.807) is 9.80 Å². The third-order valence-corrected chi connectivity index (χ3v) is 5.05. The third-order valence-electron chi connectivity index (χ3n) is 5.05. The highest BCUT2D eigenvalue weighted by molar-refractivity contribution is 14.0. The van der Waals surface area contributed by atoms with Gasteiger partial charge in [0, 0.05) is 45.8 Å². The zero-order valence-corrected chi connectivity index (χ0v) is 20.5. The summed E-state index contributed by atoms with van der Waals surface area (Å²) in [5.74, 6) is 1.56. The lowest BCUT2D eigenvalue weighted by atomic mass is 10.2. The Kier molecular flexibility index (Phi) is 10.2. The van der Waals surface area contributed by atoms with Gasteiger partial charge >= 0.3 is 6.09 Å². The summed E-state index contributed by atoms with van der Waals surface area (Å²) in [7, 11) is 0. The minimum absolute atomic E-state index is 0. The molecule has 10 heteroatoms. The highest BCUT2D eigenvalue weighted by Gasteiger charge is 2.25. The van der Waals surface area contributed by atoms with Crippen molar-refractivity contribution in [3.05, 3.63) is 24.3 Å². The monoisotopic (exact) mass is 545 g/mol. The van der Waals surface area contributed by atoms with Gasteiger partial charge in [-0.3, -0.25) is 9.79 Å². The van der Waals surface area contributed by atoms with Crippen LogP contribution in [0.3, 0.4) is 0 Å². The van der Waals surface area contributed by atoms with Gasteiger partial charge in [0.05, 0.1) is 12.3 Å². The number of para-hydroxylation sites is 2. The van der Waals surface area contributed by atoms with Crippen molar-refractivity contribution in [3.63, 3.8) is 0 Å². The lowest BCUT2D eigenvalue weighted by molar-refractivity contribution is -0.121. The van der Waals surface area contributed by atoms with E-state index in [1.165, 1.54) is 0 Å². The van der Waals surface area contributed by atoms with Crippen molar-refractivity contribution >= 4 is 47.6 Å². The quantitative estimate of drug-likeness (QED) is 0.255. The first kappa shape index (κ1) is 25.0. The second-order valence-corrected chi connectivity index (χ2v) is 7.06. The number of carbonyl (C=O) groups is 2. The Morgan fingerprint density at radius 3 is 2.58 bits per heavy atom. The summed E-state index contributed by atoms with van der Waals surface area (Å²) < 4.78 is 10.6. The second kappa shape index (κ2) is 12.6. The summed E-state index contributed by atoms with van der Waals surface area (Å²) in [5, 5.41) is 3.33. The van der Waals surface area contributed by atoms with Crippen LogP contribution in [0.5, 0.6) is 5.75 Å². The fourth-order valence-electron chi connectivity index (χ4n) is 3.55. The number of rotatable bonds is 6. The van der Waals surface area contributed by atoms with Crippen LogP contribution in [-0.4, -0.2) is 86.8 Å². The molecule has 1 N–H and O–H groups in total. The molecule has 0 atom stereocenters. The molecule has 0 aromatic heterocycles. The smallest absolute Gasteiger partial charge is 0.409 e. The van der Waals surface area contributed by atoms with Gasteiger partial charge in [0.25, 0.3) is 5.91 Å². The first-order valence-electron chi connectivity index (χ1n) is 10.6. The number of benzene rings is 1. The van der Waals surface area contributed by atoms with Crippen molar-refractivity contribution < 1.29 is 19.1 Å². The molecule has 0 saturated carbocycles. The van der Waals surface area contributed by atoms with Gasteiger partial charge in [0.1, 0.15) is 5.75 Å². The SMILES string of the molecule is CCNC(=NCCCN1C(=O)COc2ccccc21)N1CCN(C(=O)OCC)CC1.I. The molecule has 0 spiro atoms. The van der Waals surface area contributed by atoms with Crippen LogP contribution >= 0.6 is 24.0 Å². The fourth-order valence-corrected chi connectivity index (χ4v) is 3.55. The van der Waals surface area contributed by atoms with Crippen LogP contribution in [0, 0.1) is 0 Å². The van der Waals surface area contributed by atoms with Gasteiger partial charge in [0.2, 0.25) is 0 Å². The summed E-state index contributed by atoms with van der Waals surface area (Å²) >= 11 is 0. The molecular formula is C21H32IN5O4. The van der Waals surface area contributed by atoms with Crippen LogP contribution in [0.1, 0.15) is 20.3 Å². The van der Waals surface area contributed by atoms with E-state index in [0.717, 1.165) is 30.4 Å². The Labute approximate surface area is 200 Å². The van der Waals surface area contributed by atoms with Crippen LogP contribution in [-0.2, 0) is 9.53 Å². The zero-order valence-electron chi connectivity index (χ0n) is 18.2. The molecule has 9 nitrogen and oxygen atoms in total. The summed E-state index contributed by atoms with van der Waals surface area (Å²) in [6.45, 7) is 8.93. The molecule has 1 aromatic carbocycles. The molecule has 0 unspecified atom stereocenters. The highest BCUT2D eigenvalue weighted by Crippen LogP contribution is 2.31. The summed E-state index contributed by atoms with van der Waals surface area (Å²) in [5.41, 5.74) is 0.819. The molecule has 0 aliphatic carbocycles. The standard InChI is InChI=1S/C21H31N5O4.HI/c1-3-22-20(24-12-14-25(15-13-24)21(28)29-4-2)23-10-7-11-26-17-8-5-6-9-18(17)30-16-19(26)27;/h5-6,8-9H,3-4,7,10-16H2,1-2H3,(H,22,23);1H. The number of nitrogens with zero attached hydrogens (tertiary/aromatic N) is 4. The Hall–Kier alpha value is -2.24. The Morgan fingerprint density at radius 1 is 1.16 bits per heavy atom. The molecule has 3 rings (SSSR count). The fraction of sp³-hybridized carbons (Fsp3) is 0.571. The Bertz CT molecular complexity index is 768. The molecule has 2 aliphatic heterocycles. The van der Waals surface area contributed by atoms with E-state index >= 15 is 0 Å². The Morgan fingerprint density at radius 2 is 1.87 bits per heavy atom. The molecule has 1 aromatic rings. The van der Waals surface area contributed by atoms with E-state index < -0.39 is 0 Å². The minimum Gasteiger partial charge on any atom is -0.482 e. The lowest BCUT2D eigenvalue weighted by Gasteiger charge is -2.36. The van der Waals surface area contributed by atoms with Crippen molar-refractivity contribution in [1.82, 2.24) is 15.1 Å². The maximum atomic E-state index is 12.3. The minimum atomic E-state index is -0.255. The molecule has 31 heavy (non-hydrogen) atoms. The van der Waals surface area contributed by atoms with Crippen LogP contribution in [0.4, 0.5) is 10.5 Å². The maximum absolute atomic E-state index is 12.3. The number of piperazine rings is 1. The number of nitrogens with one attached hydrogen (secondary N) is 1. The Balaban J connectivity index is 0.00000341. The van der Waals surface area contributed by atoms with E-state index in [9.17, 15) is 9.59 Å². The number of carbonyl (C=O) groups excluding carboxylic acids is 2. The van der Waals surface area contributed by atoms with Crippen molar-refractivity contribution in [2.45, 2.75) is 20.3 Å². The molecule has 2 heterocycles. The number of hydrogen-bond acceptors (Lipinski definition) is 5. The van der Waals surface area contributed by atoms with Crippen molar-refractivity contribution in [1.29, 1.82) is 0 Å². The summed E-state index contributed by atoms with van der Waals surface area (Å²) in [6.07, 6.45) is 0.493. The van der Waals surface area contributed by atoms with Crippen LogP contribution in [0.25, 0.3) is 0 Å². The number of amides is 2. The van der Waals surface area contributed by atoms with E-state index in [2.05, 4.69) is 10.2 Å². The van der Waals surface area contributed by atoms with Gasteiger partial charge in [-0.15, -0.1) is 24.0 Å². The maximum Gasteiger partial charge on any atom is 0.409 e. The largest absolute Gasteiger partial charge is 0.482 e. The molecule has 1 fully saturated rings. The first-order valence-corrected chi connectivity index (χ1v) is 10.6. The van der Waals surface area contributed by atoms with E-state index in [1.807, 2.05) is 38.1 Å². The highest BCUT2D eigenvalue weighted by atomic mass is 127. The number of guanidine groups is 1. The number of fused-ring (bicyclic) bond motifs is 1. The third kappa shape index (κ3) is 6.62. The van der Waals surface area contributed by atoms with Crippen LogP contribution in [0.2, 0.25) is 0 Å². The van der Waals surface area contributed by atoms with Gasteiger partial charge in [-0.1, -0.05) is 12.1 Å². The number of halogens is 1. The van der Waals surface area contributed by atoms with Crippen molar-refractivity contribution in [3.8, 4) is 5.75 Å². The zero-order chi connectivity index (χ0) is 21.3. The summed E-state index contributed by atoms with van der Waals surface area (Å²) in [4.78, 5) is 34.5. The van der Waals surface area contributed by atoms with Gasteiger partial charge in [-0.05, 0) is 32.4 Å². The van der Waals surface area contributed by atoms with Crippen molar-refractivity contribution in [2.24, 2.45) is 4.99 Å². The van der Waals surface area contributed by atoms with E-state index in [-0.39, 0.29) is 42.6 Å². The molecule has 0 radical (unpaired) electrons. The number of anilines is 1. The molecule has 2 amide bonds. The average molecular weight is 545 g/mol. The van der Waals surface area contributed by atoms with Crippen molar-refractivity contribution in [2.75, 3.05) is 63.9 Å². The van der Waals surface area contributed by atoms with Gasteiger partial charge in [0.15, 0.2) is 12.6 Å². The van der Waals surface area contributed by atoms with Gasteiger partial charge in [-0.25, -0.2) is 4.79 Å². The molecular weight excluding hydrogens is 513 g/mol. The normalized spacial score (nSPS) is 16.3. The molecule has 1 saturated heterocycles. The predicted octanol–water partition coefficient (Wildman–Crippen LogP) is 2.16. The first-order chi connectivity index (χ1) is 14.6. The number of hydrogen-bond donors (Lipinski definition) is 1. The molecule has 0 bridgehead atoms. The molecule has 2 aliphatic rings. The predicted molar refractivity (Wildman–Crippen MR) is 130 cm³/mol. The van der Waals surface area contributed by atoms with Crippen LogP contribution < -0.4 is 15.0 Å². The van der Waals surface area contributed by atoms with Crippen LogP contribution in [0.15, 0.2) is 29.3 Å².